The third-order valence-corrected chi connectivity index (χ3v) is 3.82. The van der Waals surface area contributed by atoms with Crippen LogP contribution < -0.4 is 10.4 Å². The number of thioether (sulfide) groups is 1. The SMILES string of the molecule is Cn1c(SCCCOc2cccc(C(=O)O)c2)n[nH]c1=O. The lowest BCUT2D eigenvalue weighted by atomic mass is 10.2. The van der Waals surface area contributed by atoms with Crippen LogP contribution >= 0.6 is 11.8 Å². The molecule has 0 radical (unpaired) electrons. The van der Waals surface area contributed by atoms with Crippen molar-refractivity contribution in [2.45, 2.75) is 11.6 Å². The summed E-state index contributed by atoms with van der Waals surface area (Å²) in [6.07, 6.45) is 0.753. The van der Waals surface area contributed by atoms with Gasteiger partial charge < -0.3 is 9.84 Å². The van der Waals surface area contributed by atoms with Gasteiger partial charge in [-0.05, 0) is 24.6 Å². The summed E-state index contributed by atoms with van der Waals surface area (Å²) in [5.74, 6) is 0.305. The van der Waals surface area contributed by atoms with Crippen LogP contribution in [0.2, 0.25) is 0 Å². The lowest BCUT2D eigenvalue weighted by molar-refractivity contribution is 0.0696. The van der Waals surface area contributed by atoms with E-state index in [1.165, 1.54) is 28.5 Å². The number of nitrogens with zero attached hydrogens (tertiary/aromatic N) is 2. The van der Waals surface area contributed by atoms with Gasteiger partial charge >= 0.3 is 11.7 Å². The molecule has 0 aliphatic carbocycles. The molecule has 2 aromatic rings. The third-order valence-electron chi connectivity index (χ3n) is 2.71. The van der Waals surface area contributed by atoms with Gasteiger partial charge in [0.25, 0.3) is 0 Å². The summed E-state index contributed by atoms with van der Waals surface area (Å²) in [5.41, 5.74) is -0.0346. The van der Waals surface area contributed by atoms with E-state index in [0.717, 1.165) is 12.2 Å². The van der Waals surface area contributed by atoms with Crippen LogP contribution in [0.5, 0.6) is 5.75 Å². The van der Waals surface area contributed by atoms with Gasteiger partial charge in [-0.25, -0.2) is 14.7 Å². The number of benzene rings is 1. The number of hydrogen-bond donors (Lipinski definition) is 2. The Morgan fingerprint density at radius 1 is 1.52 bits per heavy atom. The number of aromatic nitrogens is 3. The van der Waals surface area contributed by atoms with Gasteiger partial charge in [-0.2, -0.15) is 0 Å². The zero-order valence-electron chi connectivity index (χ0n) is 11.4. The second-order valence-electron chi connectivity index (χ2n) is 4.25. The Kier molecular flexibility index (Phi) is 5.04. The topological polar surface area (TPSA) is 97.2 Å². The molecule has 0 unspecified atom stereocenters. The van der Waals surface area contributed by atoms with E-state index in [4.69, 9.17) is 9.84 Å². The van der Waals surface area contributed by atoms with Crippen molar-refractivity contribution in [3.8, 4) is 5.75 Å². The van der Waals surface area contributed by atoms with Crippen molar-refractivity contribution in [3.63, 3.8) is 0 Å². The highest BCUT2D eigenvalue weighted by atomic mass is 32.2. The first kappa shape index (κ1) is 15.2. The van der Waals surface area contributed by atoms with E-state index in [-0.39, 0.29) is 11.3 Å². The normalized spacial score (nSPS) is 10.5. The van der Waals surface area contributed by atoms with Gasteiger partial charge in [0.15, 0.2) is 5.16 Å². The quantitative estimate of drug-likeness (QED) is 0.592. The van der Waals surface area contributed by atoms with Gasteiger partial charge in [-0.3, -0.25) is 4.57 Å². The van der Waals surface area contributed by atoms with E-state index < -0.39 is 5.97 Å². The Balaban J connectivity index is 1.75. The van der Waals surface area contributed by atoms with Gasteiger partial charge in [0.2, 0.25) is 0 Å². The van der Waals surface area contributed by atoms with E-state index >= 15 is 0 Å². The molecular formula is C13H15N3O4S. The summed E-state index contributed by atoms with van der Waals surface area (Å²) >= 11 is 1.46. The van der Waals surface area contributed by atoms with Crippen molar-refractivity contribution in [1.29, 1.82) is 0 Å². The number of H-pyrrole nitrogens is 1. The minimum atomic E-state index is -0.976. The summed E-state index contributed by atoms with van der Waals surface area (Å²) in [4.78, 5) is 22.0. The van der Waals surface area contributed by atoms with Crippen molar-refractivity contribution in [1.82, 2.24) is 14.8 Å². The molecule has 0 aliphatic rings. The molecule has 7 nitrogen and oxygen atoms in total. The number of rotatable bonds is 7. The molecule has 0 bridgehead atoms. The fourth-order valence-electron chi connectivity index (χ4n) is 1.59. The summed E-state index contributed by atoms with van der Waals surface area (Å²) < 4.78 is 6.94. The van der Waals surface area contributed by atoms with Crippen LogP contribution in [0.25, 0.3) is 0 Å². The Morgan fingerprint density at radius 3 is 3.00 bits per heavy atom. The fourth-order valence-corrected chi connectivity index (χ4v) is 2.42. The van der Waals surface area contributed by atoms with Gasteiger partial charge in [-0.15, -0.1) is 5.10 Å². The zero-order valence-corrected chi connectivity index (χ0v) is 12.2. The number of carboxylic acid groups (broad SMARTS) is 1. The number of carbonyl (C=O) groups is 1. The molecule has 2 rings (SSSR count). The van der Waals surface area contributed by atoms with E-state index in [1.54, 1.807) is 19.2 Å². The minimum Gasteiger partial charge on any atom is -0.494 e. The van der Waals surface area contributed by atoms with Crippen LogP contribution in [0, 0.1) is 0 Å². The Hall–Kier alpha value is -2.22. The van der Waals surface area contributed by atoms with Crippen molar-refractivity contribution in [2.75, 3.05) is 12.4 Å². The second kappa shape index (κ2) is 6.98. The van der Waals surface area contributed by atoms with Crippen molar-refractivity contribution >= 4 is 17.7 Å². The Bertz CT molecular complexity index is 680. The molecule has 1 aromatic carbocycles. The van der Waals surface area contributed by atoms with Gasteiger partial charge in [-0.1, -0.05) is 17.8 Å². The highest BCUT2D eigenvalue weighted by Gasteiger charge is 2.05. The molecule has 0 saturated heterocycles. The standard InChI is InChI=1S/C13H15N3O4S/c1-16-12(19)14-15-13(16)21-7-3-6-20-10-5-2-4-9(8-10)11(17)18/h2,4-5,8H,3,6-7H2,1H3,(H,14,19)(H,17,18). The predicted octanol–water partition coefficient (Wildman–Crippen LogP) is 1.37. The number of carboxylic acids is 1. The van der Waals surface area contributed by atoms with Gasteiger partial charge in [0.05, 0.1) is 12.2 Å². The number of nitrogens with one attached hydrogen (secondary N) is 1. The largest absolute Gasteiger partial charge is 0.494 e. The van der Waals surface area contributed by atoms with Crippen LogP contribution in [-0.4, -0.2) is 38.2 Å². The van der Waals surface area contributed by atoms with E-state index in [9.17, 15) is 9.59 Å². The molecule has 0 fully saturated rings. The fraction of sp³-hybridized carbons (Fsp3) is 0.308. The first-order valence-electron chi connectivity index (χ1n) is 6.28. The number of ether oxygens (including phenoxy) is 1. The smallest absolute Gasteiger partial charge is 0.343 e. The molecule has 0 saturated carbocycles. The lowest BCUT2D eigenvalue weighted by Gasteiger charge is -2.06. The zero-order chi connectivity index (χ0) is 15.2. The molecule has 0 amide bonds. The molecule has 112 valence electrons. The molecule has 0 spiro atoms. The highest BCUT2D eigenvalue weighted by molar-refractivity contribution is 7.99. The van der Waals surface area contributed by atoms with E-state index in [2.05, 4.69) is 10.2 Å². The van der Waals surface area contributed by atoms with Crippen LogP contribution in [0.1, 0.15) is 16.8 Å². The summed E-state index contributed by atoms with van der Waals surface area (Å²) in [6, 6.07) is 6.38. The molecular weight excluding hydrogens is 294 g/mol. The molecule has 0 aliphatic heterocycles. The maximum atomic E-state index is 11.2. The number of hydrogen-bond acceptors (Lipinski definition) is 5. The molecule has 1 aromatic heterocycles. The molecule has 21 heavy (non-hydrogen) atoms. The number of aromatic amines is 1. The van der Waals surface area contributed by atoms with Crippen LogP contribution in [0.15, 0.2) is 34.2 Å². The van der Waals surface area contributed by atoms with Gasteiger partial charge in [0.1, 0.15) is 5.75 Å². The molecule has 8 heteroatoms. The van der Waals surface area contributed by atoms with Crippen LogP contribution in [-0.2, 0) is 7.05 Å². The second-order valence-corrected chi connectivity index (χ2v) is 5.32. The molecule has 2 N–H and O–H groups in total. The Labute approximate surface area is 124 Å². The van der Waals surface area contributed by atoms with Crippen molar-refractivity contribution < 1.29 is 14.6 Å². The number of aromatic carboxylic acids is 1. The first-order valence-corrected chi connectivity index (χ1v) is 7.27. The monoisotopic (exact) mass is 309 g/mol. The van der Waals surface area contributed by atoms with Crippen LogP contribution in [0.4, 0.5) is 0 Å². The average Bonchev–Trinajstić information content (AvgIpc) is 2.79. The van der Waals surface area contributed by atoms with Crippen LogP contribution in [0.3, 0.4) is 0 Å². The van der Waals surface area contributed by atoms with Crippen molar-refractivity contribution in [2.24, 2.45) is 7.05 Å². The minimum absolute atomic E-state index is 0.202. The molecule has 0 atom stereocenters. The van der Waals surface area contributed by atoms with E-state index in [0.29, 0.717) is 17.5 Å². The highest BCUT2D eigenvalue weighted by Crippen LogP contribution is 2.16. The molecule has 1 heterocycles. The lowest BCUT2D eigenvalue weighted by Crippen LogP contribution is -2.13. The van der Waals surface area contributed by atoms with Crippen molar-refractivity contribution in [3.05, 3.63) is 40.3 Å². The van der Waals surface area contributed by atoms with E-state index in [1.807, 2.05) is 0 Å². The summed E-state index contributed by atoms with van der Waals surface area (Å²) in [7, 11) is 1.65. The summed E-state index contributed by atoms with van der Waals surface area (Å²) in [6.45, 7) is 0.467. The third kappa shape index (κ3) is 4.12. The Morgan fingerprint density at radius 2 is 2.33 bits per heavy atom. The van der Waals surface area contributed by atoms with Gasteiger partial charge in [0, 0.05) is 12.8 Å². The maximum Gasteiger partial charge on any atom is 0.343 e. The summed E-state index contributed by atoms with van der Waals surface area (Å²) in [5, 5.41) is 15.8. The maximum absolute atomic E-state index is 11.2. The average molecular weight is 309 g/mol. The predicted molar refractivity (Wildman–Crippen MR) is 78.1 cm³/mol. The first-order chi connectivity index (χ1) is 10.1.